The molecule has 1 saturated heterocycles. The van der Waals surface area contributed by atoms with Gasteiger partial charge in [-0.2, -0.15) is 14.9 Å². The Balaban J connectivity index is 1.55. The highest BCUT2D eigenvalue weighted by Crippen LogP contribution is 2.24. The number of benzene rings is 1. The Labute approximate surface area is 176 Å². The lowest BCUT2D eigenvalue weighted by molar-refractivity contribution is -0.384. The van der Waals surface area contributed by atoms with E-state index in [4.69, 9.17) is 16.3 Å². The van der Waals surface area contributed by atoms with Crippen LogP contribution in [0.1, 0.15) is 5.56 Å². The minimum absolute atomic E-state index is 0.0407. The summed E-state index contributed by atoms with van der Waals surface area (Å²) in [6.07, 6.45) is 5.17. The second-order valence-electron chi connectivity index (χ2n) is 7.01. The first-order valence-corrected chi connectivity index (χ1v) is 9.68. The lowest BCUT2D eigenvalue weighted by Crippen LogP contribution is -2.45. The van der Waals surface area contributed by atoms with Crippen LogP contribution in [0, 0.1) is 17.0 Å². The Hall–Kier alpha value is -3.24. The minimum Gasteiger partial charge on any atom is -0.373 e. The maximum absolute atomic E-state index is 12.8. The van der Waals surface area contributed by atoms with Gasteiger partial charge in [-0.25, -0.2) is 0 Å². The smallest absolute Gasteiger partial charge is 0.292 e. The highest BCUT2D eigenvalue weighted by Gasteiger charge is 2.25. The minimum atomic E-state index is -0.504. The van der Waals surface area contributed by atoms with Crippen LogP contribution in [0.5, 0.6) is 0 Å². The van der Waals surface area contributed by atoms with E-state index in [-0.39, 0.29) is 16.8 Å². The van der Waals surface area contributed by atoms with Crippen LogP contribution in [-0.2, 0) is 11.3 Å². The molecule has 0 aliphatic carbocycles. The van der Waals surface area contributed by atoms with E-state index in [9.17, 15) is 14.9 Å². The van der Waals surface area contributed by atoms with Crippen LogP contribution in [0.25, 0.3) is 5.69 Å². The van der Waals surface area contributed by atoms with Gasteiger partial charge in [-0.15, -0.1) is 0 Å². The lowest BCUT2D eigenvalue weighted by atomic mass is 10.2. The summed E-state index contributed by atoms with van der Waals surface area (Å²) < 4.78 is 8.79. The first kappa shape index (κ1) is 20.0. The molecule has 1 atom stereocenters. The number of nitrogens with zero attached hydrogens (tertiary/aromatic N) is 6. The number of hydrogen-bond donors (Lipinski definition) is 0. The molecule has 2 aromatic heterocycles. The Bertz CT molecular complexity index is 1130. The number of rotatable bonds is 5. The number of aromatic nitrogens is 4. The number of morpholine rings is 1. The third-order valence-corrected chi connectivity index (χ3v) is 5.19. The molecule has 1 aromatic carbocycles. The molecule has 3 aromatic rings. The number of hydrogen-bond acceptors (Lipinski definition) is 7. The second-order valence-corrected chi connectivity index (χ2v) is 7.39. The van der Waals surface area contributed by atoms with E-state index in [1.165, 1.54) is 30.5 Å². The number of nitro groups is 1. The van der Waals surface area contributed by atoms with Gasteiger partial charge in [-0.3, -0.25) is 19.6 Å². The zero-order valence-electron chi connectivity index (χ0n) is 16.1. The van der Waals surface area contributed by atoms with E-state index in [1.54, 1.807) is 6.20 Å². The summed E-state index contributed by atoms with van der Waals surface area (Å²) in [5.41, 5.74) is 1.44. The largest absolute Gasteiger partial charge is 0.373 e. The quantitative estimate of drug-likeness (QED) is 0.451. The fraction of sp³-hybridized carbons (Fsp3) is 0.316. The van der Waals surface area contributed by atoms with Crippen molar-refractivity contribution >= 4 is 23.0 Å². The molecule has 4 rings (SSSR count). The maximum Gasteiger partial charge on any atom is 0.292 e. The van der Waals surface area contributed by atoms with Crippen LogP contribution in [0.3, 0.4) is 0 Å². The van der Waals surface area contributed by atoms with Crippen LogP contribution in [0.15, 0.2) is 47.7 Å². The Morgan fingerprint density at radius 2 is 2.03 bits per heavy atom. The molecule has 1 unspecified atom stereocenters. The van der Waals surface area contributed by atoms with E-state index in [0.29, 0.717) is 37.6 Å². The molecule has 0 N–H and O–H groups in total. The van der Waals surface area contributed by atoms with Crippen molar-refractivity contribution in [3.63, 3.8) is 0 Å². The zero-order valence-corrected chi connectivity index (χ0v) is 16.9. The molecule has 30 heavy (non-hydrogen) atoms. The van der Waals surface area contributed by atoms with Crippen molar-refractivity contribution in [1.29, 1.82) is 0 Å². The monoisotopic (exact) mass is 430 g/mol. The van der Waals surface area contributed by atoms with Crippen LogP contribution < -0.4 is 10.5 Å². The third-order valence-electron chi connectivity index (χ3n) is 4.84. The van der Waals surface area contributed by atoms with Crippen molar-refractivity contribution in [1.82, 2.24) is 19.6 Å². The summed E-state index contributed by atoms with van der Waals surface area (Å²) in [6, 6.07) is 5.54. The second kappa shape index (κ2) is 8.25. The van der Waals surface area contributed by atoms with Gasteiger partial charge in [0.2, 0.25) is 0 Å². The van der Waals surface area contributed by atoms with Gasteiger partial charge in [-0.05, 0) is 24.6 Å². The highest BCUT2D eigenvalue weighted by atomic mass is 35.5. The van der Waals surface area contributed by atoms with Gasteiger partial charge >= 0.3 is 0 Å². The number of nitro benzene ring substituents is 1. The highest BCUT2D eigenvalue weighted by molar-refractivity contribution is 6.33. The number of ether oxygens (including phenoxy) is 1. The van der Waals surface area contributed by atoms with Crippen LogP contribution in [-0.4, -0.2) is 50.3 Å². The lowest BCUT2D eigenvalue weighted by Gasteiger charge is -2.34. The summed E-state index contributed by atoms with van der Waals surface area (Å²) in [5, 5.41) is 19.4. The summed E-state index contributed by atoms with van der Waals surface area (Å²) in [4.78, 5) is 25.1. The van der Waals surface area contributed by atoms with E-state index in [2.05, 4.69) is 10.2 Å². The number of non-ortho nitro benzene ring substituents is 1. The van der Waals surface area contributed by atoms with Crippen LogP contribution >= 0.6 is 11.6 Å². The number of anilines is 1. The molecule has 1 fully saturated rings. The van der Waals surface area contributed by atoms with Gasteiger partial charge in [0, 0.05) is 31.4 Å². The van der Waals surface area contributed by atoms with Crippen molar-refractivity contribution in [3.8, 4) is 5.69 Å². The van der Waals surface area contributed by atoms with Gasteiger partial charge in [0.25, 0.3) is 11.2 Å². The number of halogens is 1. The van der Waals surface area contributed by atoms with Gasteiger partial charge < -0.3 is 9.64 Å². The molecular weight excluding hydrogens is 412 g/mol. The van der Waals surface area contributed by atoms with E-state index >= 15 is 0 Å². The standard InChI is InChI=1S/C19H19ClN6O4/c1-13-8-21-24(10-13)12-16-11-23(6-7-30-16)17-9-22-25(19(27)18(17)20)14-2-4-15(5-3-14)26(28)29/h2-5,8-10,16H,6-7,11-12H2,1H3. The molecule has 3 heterocycles. The summed E-state index contributed by atoms with van der Waals surface area (Å²) >= 11 is 6.39. The Morgan fingerprint density at radius 1 is 1.27 bits per heavy atom. The maximum atomic E-state index is 12.8. The van der Waals surface area contributed by atoms with Crippen molar-refractivity contribution in [3.05, 3.63) is 73.9 Å². The zero-order chi connectivity index (χ0) is 21.3. The van der Waals surface area contributed by atoms with Crippen molar-refractivity contribution in [2.24, 2.45) is 0 Å². The molecule has 1 aliphatic heterocycles. The first-order valence-electron chi connectivity index (χ1n) is 9.30. The molecule has 1 aliphatic rings. The molecule has 0 amide bonds. The van der Waals surface area contributed by atoms with Crippen molar-refractivity contribution in [2.45, 2.75) is 19.6 Å². The van der Waals surface area contributed by atoms with Crippen LogP contribution in [0.4, 0.5) is 11.4 Å². The molecule has 0 spiro atoms. The molecule has 0 bridgehead atoms. The molecule has 0 saturated carbocycles. The predicted octanol–water partition coefficient (Wildman–Crippen LogP) is 2.20. The Morgan fingerprint density at radius 3 is 2.70 bits per heavy atom. The number of aryl methyl sites for hydroxylation is 1. The fourth-order valence-electron chi connectivity index (χ4n) is 3.37. The van der Waals surface area contributed by atoms with Crippen molar-refractivity contribution in [2.75, 3.05) is 24.6 Å². The first-order chi connectivity index (χ1) is 14.4. The Kier molecular flexibility index (Phi) is 5.51. The van der Waals surface area contributed by atoms with Gasteiger partial charge in [-0.1, -0.05) is 11.6 Å². The molecule has 156 valence electrons. The molecule has 0 radical (unpaired) electrons. The fourth-order valence-corrected chi connectivity index (χ4v) is 3.62. The molecular formula is C19H19ClN6O4. The molecule has 11 heteroatoms. The summed E-state index contributed by atoms with van der Waals surface area (Å²) in [7, 11) is 0. The average Bonchev–Trinajstić information content (AvgIpc) is 3.15. The predicted molar refractivity (Wildman–Crippen MR) is 110 cm³/mol. The summed E-state index contributed by atoms with van der Waals surface area (Å²) in [5.74, 6) is 0. The third kappa shape index (κ3) is 4.05. The van der Waals surface area contributed by atoms with E-state index < -0.39 is 10.5 Å². The molecule has 10 nitrogen and oxygen atoms in total. The topological polar surface area (TPSA) is 108 Å². The van der Waals surface area contributed by atoms with Gasteiger partial charge in [0.15, 0.2) is 0 Å². The summed E-state index contributed by atoms with van der Waals surface area (Å²) in [6.45, 7) is 4.18. The SMILES string of the molecule is Cc1cnn(CC2CN(c3cnn(-c4ccc([N+](=O)[O-])cc4)c(=O)c3Cl)CCO2)c1. The normalized spacial score (nSPS) is 16.6. The van der Waals surface area contributed by atoms with E-state index in [0.717, 1.165) is 10.2 Å². The van der Waals surface area contributed by atoms with E-state index in [1.807, 2.05) is 22.7 Å². The van der Waals surface area contributed by atoms with Gasteiger partial charge in [0.1, 0.15) is 5.02 Å². The van der Waals surface area contributed by atoms with Crippen LogP contribution in [0.2, 0.25) is 5.02 Å². The average molecular weight is 431 g/mol. The van der Waals surface area contributed by atoms with Crippen molar-refractivity contribution < 1.29 is 9.66 Å². The van der Waals surface area contributed by atoms with Gasteiger partial charge in [0.05, 0.1) is 47.9 Å².